The minimum absolute atomic E-state index is 0.260. The molecule has 1 rings (SSSR count). The molecule has 130 valence electrons. The molecule has 0 aliphatic rings. The van der Waals surface area contributed by atoms with Gasteiger partial charge < -0.3 is 15.4 Å². The summed E-state index contributed by atoms with van der Waals surface area (Å²) < 4.78 is 5.21. The van der Waals surface area contributed by atoms with E-state index in [1.807, 2.05) is 33.2 Å². The number of alkyl carbamates (subject to hydrolysis) is 1. The van der Waals surface area contributed by atoms with Crippen molar-refractivity contribution in [2.45, 2.75) is 72.1 Å². The molecule has 1 aromatic heterocycles. The molecule has 2 atom stereocenters. The lowest BCUT2D eigenvalue weighted by Crippen LogP contribution is -2.34. The lowest BCUT2D eigenvalue weighted by atomic mass is 10.1. The van der Waals surface area contributed by atoms with E-state index in [1.54, 1.807) is 0 Å². The summed E-state index contributed by atoms with van der Waals surface area (Å²) in [5.41, 5.74) is 1.92. The van der Waals surface area contributed by atoms with Crippen LogP contribution in [0.1, 0.15) is 64.6 Å². The predicted molar refractivity (Wildman–Crippen MR) is 93.5 cm³/mol. The van der Waals surface area contributed by atoms with Crippen molar-refractivity contribution in [2.75, 3.05) is 6.54 Å². The molecular formula is C18H31N3O2. The number of aromatic nitrogens is 1. The fourth-order valence-electron chi connectivity index (χ4n) is 2.33. The Bertz CT molecular complexity index is 497. The number of hydrogen-bond acceptors (Lipinski definition) is 4. The SMILES string of the molecule is Cc1cncc(C(C)NC(C)CCCNC(=O)OC(C)(C)C)c1. The number of nitrogens with zero attached hydrogens (tertiary/aromatic N) is 1. The van der Waals surface area contributed by atoms with Gasteiger partial charge in [0.05, 0.1) is 0 Å². The Morgan fingerprint density at radius 1 is 1.30 bits per heavy atom. The summed E-state index contributed by atoms with van der Waals surface area (Å²) in [4.78, 5) is 15.8. The molecule has 2 N–H and O–H groups in total. The van der Waals surface area contributed by atoms with Crippen LogP contribution in [-0.2, 0) is 4.74 Å². The first kappa shape index (κ1) is 19.4. The number of pyridine rings is 1. The van der Waals surface area contributed by atoms with Crippen LogP contribution in [0.25, 0.3) is 0 Å². The highest BCUT2D eigenvalue weighted by atomic mass is 16.6. The molecule has 5 heteroatoms. The quantitative estimate of drug-likeness (QED) is 0.751. The topological polar surface area (TPSA) is 63.2 Å². The van der Waals surface area contributed by atoms with Gasteiger partial charge in [0.25, 0.3) is 0 Å². The highest BCUT2D eigenvalue weighted by Gasteiger charge is 2.15. The molecular weight excluding hydrogens is 290 g/mol. The maximum atomic E-state index is 11.5. The number of rotatable bonds is 7. The van der Waals surface area contributed by atoms with Crippen LogP contribution in [0.15, 0.2) is 18.5 Å². The van der Waals surface area contributed by atoms with Gasteiger partial charge in [-0.15, -0.1) is 0 Å². The Morgan fingerprint density at radius 3 is 2.61 bits per heavy atom. The van der Waals surface area contributed by atoms with Gasteiger partial charge in [0.15, 0.2) is 0 Å². The molecule has 5 nitrogen and oxygen atoms in total. The standard InChI is InChI=1S/C18H31N3O2/c1-13-10-16(12-19-11-13)15(3)21-14(2)8-7-9-20-17(22)23-18(4,5)6/h10-12,14-15,21H,7-9H2,1-6H3,(H,20,22). The molecule has 0 aromatic carbocycles. The molecule has 23 heavy (non-hydrogen) atoms. The second kappa shape index (κ2) is 8.87. The van der Waals surface area contributed by atoms with E-state index in [2.05, 4.69) is 42.5 Å². The Hall–Kier alpha value is -1.62. The van der Waals surface area contributed by atoms with Crippen molar-refractivity contribution < 1.29 is 9.53 Å². The normalized spacial score (nSPS) is 14.2. The van der Waals surface area contributed by atoms with Gasteiger partial charge in [0.1, 0.15) is 5.60 Å². The number of ether oxygens (including phenoxy) is 1. The largest absolute Gasteiger partial charge is 0.444 e. The smallest absolute Gasteiger partial charge is 0.407 e. The molecule has 0 saturated carbocycles. The fourth-order valence-corrected chi connectivity index (χ4v) is 2.33. The third-order valence-corrected chi connectivity index (χ3v) is 3.41. The van der Waals surface area contributed by atoms with E-state index >= 15 is 0 Å². The number of amides is 1. The summed E-state index contributed by atoms with van der Waals surface area (Å²) in [5, 5.41) is 6.35. The molecule has 1 heterocycles. The van der Waals surface area contributed by atoms with E-state index in [0.29, 0.717) is 12.6 Å². The van der Waals surface area contributed by atoms with E-state index in [4.69, 9.17) is 4.74 Å². The molecule has 0 bridgehead atoms. The van der Waals surface area contributed by atoms with Gasteiger partial charge >= 0.3 is 6.09 Å². The van der Waals surface area contributed by atoms with Crippen LogP contribution in [0.2, 0.25) is 0 Å². The number of carbonyl (C=O) groups is 1. The first-order valence-corrected chi connectivity index (χ1v) is 8.32. The zero-order chi connectivity index (χ0) is 17.5. The molecule has 1 aromatic rings. The van der Waals surface area contributed by atoms with Gasteiger partial charge in [-0.25, -0.2) is 4.79 Å². The van der Waals surface area contributed by atoms with Gasteiger partial charge in [0, 0.05) is 31.0 Å². The summed E-state index contributed by atoms with van der Waals surface area (Å²) in [7, 11) is 0. The van der Waals surface area contributed by atoms with E-state index in [1.165, 1.54) is 11.1 Å². The molecule has 2 unspecified atom stereocenters. The molecule has 0 spiro atoms. The fraction of sp³-hybridized carbons (Fsp3) is 0.667. The maximum absolute atomic E-state index is 11.5. The third kappa shape index (κ3) is 8.55. The van der Waals surface area contributed by atoms with Crippen LogP contribution >= 0.6 is 0 Å². The van der Waals surface area contributed by atoms with Crippen molar-refractivity contribution in [3.63, 3.8) is 0 Å². The number of aryl methyl sites for hydroxylation is 1. The summed E-state index contributed by atoms with van der Waals surface area (Å²) >= 11 is 0. The van der Waals surface area contributed by atoms with Gasteiger partial charge in [-0.1, -0.05) is 6.07 Å². The Labute approximate surface area is 140 Å². The monoisotopic (exact) mass is 321 g/mol. The Kier molecular flexibility index (Phi) is 7.49. The van der Waals surface area contributed by atoms with Crippen LogP contribution in [-0.4, -0.2) is 29.3 Å². The van der Waals surface area contributed by atoms with Gasteiger partial charge in [-0.05, 0) is 65.5 Å². The zero-order valence-electron chi connectivity index (χ0n) is 15.3. The van der Waals surface area contributed by atoms with Gasteiger partial charge in [-0.3, -0.25) is 4.98 Å². The number of carbonyl (C=O) groups excluding carboxylic acids is 1. The van der Waals surface area contributed by atoms with Gasteiger partial charge in [-0.2, -0.15) is 0 Å². The first-order chi connectivity index (χ1) is 10.7. The first-order valence-electron chi connectivity index (χ1n) is 8.32. The number of hydrogen-bond donors (Lipinski definition) is 2. The minimum Gasteiger partial charge on any atom is -0.444 e. The van der Waals surface area contributed by atoms with Crippen molar-refractivity contribution in [3.05, 3.63) is 29.6 Å². The lowest BCUT2D eigenvalue weighted by molar-refractivity contribution is 0.0526. The third-order valence-electron chi connectivity index (χ3n) is 3.41. The molecule has 0 saturated heterocycles. The van der Waals surface area contributed by atoms with Crippen molar-refractivity contribution >= 4 is 6.09 Å². The summed E-state index contributed by atoms with van der Waals surface area (Å²) in [6.07, 6.45) is 5.31. The average molecular weight is 321 g/mol. The Balaban J connectivity index is 2.24. The average Bonchev–Trinajstić information content (AvgIpc) is 2.41. The van der Waals surface area contributed by atoms with E-state index < -0.39 is 5.60 Å². The maximum Gasteiger partial charge on any atom is 0.407 e. The Morgan fingerprint density at radius 2 is 2.00 bits per heavy atom. The lowest BCUT2D eigenvalue weighted by Gasteiger charge is -2.21. The molecule has 0 aliphatic carbocycles. The summed E-state index contributed by atoms with van der Waals surface area (Å²) in [5.74, 6) is 0. The second-order valence-corrected chi connectivity index (χ2v) is 7.16. The van der Waals surface area contributed by atoms with Gasteiger partial charge in [0.2, 0.25) is 0 Å². The highest BCUT2D eigenvalue weighted by molar-refractivity contribution is 5.67. The van der Waals surface area contributed by atoms with Crippen molar-refractivity contribution in [1.82, 2.24) is 15.6 Å². The van der Waals surface area contributed by atoms with E-state index in [9.17, 15) is 4.79 Å². The van der Waals surface area contributed by atoms with Crippen LogP contribution in [0.4, 0.5) is 4.79 Å². The molecule has 0 fully saturated rings. The molecule has 0 aliphatic heterocycles. The van der Waals surface area contributed by atoms with Crippen LogP contribution in [0, 0.1) is 6.92 Å². The summed E-state index contributed by atoms with van der Waals surface area (Å²) in [6, 6.07) is 2.78. The predicted octanol–water partition coefficient (Wildman–Crippen LogP) is 3.73. The minimum atomic E-state index is -0.448. The second-order valence-electron chi connectivity index (χ2n) is 7.16. The van der Waals surface area contributed by atoms with E-state index in [-0.39, 0.29) is 12.1 Å². The van der Waals surface area contributed by atoms with Crippen molar-refractivity contribution in [3.8, 4) is 0 Å². The van der Waals surface area contributed by atoms with E-state index in [0.717, 1.165) is 12.8 Å². The molecule has 0 radical (unpaired) electrons. The zero-order valence-corrected chi connectivity index (χ0v) is 15.3. The highest BCUT2D eigenvalue weighted by Crippen LogP contribution is 2.14. The van der Waals surface area contributed by atoms with Crippen molar-refractivity contribution in [2.24, 2.45) is 0 Å². The van der Waals surface area contributed by atoms with Crippen LogP contribution < -0.4 is 10.6 Å². The molecule has 1 amide bonds. The number of nitrogens with one attached hydrogen (secondary N) is 2. The van der Waals surface area contributed by atoms with Crippen LogP contribution in [0.5, 0.6) is 0 Å². The van der Waals surface area contributed by atoms with Crippen LogP contribution in [0.3, 0.4) is 0 Å². The summed E-state index contributed by atoms with van der Waals surface area (Å²) in [6.45, 7) is 12.6. The van der Waals surface area contributed by atoms with Crippen molar-refractivity contribution in [1.29, 1.82) is 0 Å².